The van der Waals surface area contributed by atoms with Crippen molar-refractivity contribution in [2.75, 3.05) is 0 Å². The first-order valence-electron chi connectivity index (χ1n) is 3.43. The van der Waals surface area contributed by atoms with Crippen molar-refractivity contribution >= 4 is 28.1 Å². The first-order valence-corrected chi connectivity index (χ1v) is 10.3. The molecule has 0 fully saturated rings. The Morgan fingerprint density at radius 1 is 1.22 bits per heavy atom. The molecule has 0 bridgehead atoms. The van der Waals surface area contributed by atoms with Crippen LogP contribution in [0.15, 0.2) is 0 Å². The molecule has 0 aliphatic rings. The highest BCUT2D eigenvalue weighted by Crippen LogP contribution is 1.90. The predicted molar refractivity (Wildman–Crippen MR) is 48.5 cm³/mol. The molecule has 0 rings (SSSR count). The Morgan fingerprint density at radius 3 is 2.11 bits per heavy atom. The summed E-state index contributed by atoms with van der Waals surface area (Å²) in [5.74, 6) is 0. The maximum atomic E-state index is 5.58. The first kappa shape index (κ1) is 9.57. The van der Waals surface area contributed by atoms with Gasteiger partial charge in [0.2, 0.25) is 0 Å². The van der Waals surface area contributed by atoms with Gasteiger partial charge in [-0.15, -0.1) is 0 Å². The van der Waals surface area contributed by atoms with Crippen molar-refractivity contribution in [2.45, 2.75) is 26.2 Å². The summed E-state index contributed by atoms with van der Waals surface area (Å²) in [5.41, 5.74) is 0. The van der Waals surface area contributed by atoms with Crippen molar-refractivity contribution in [1.82, 2.24) is 0 Å². The van der Waals surface area contributed by atoms with E-state index < -0.39 is 18.3 Å². The van der Waals surface area contributed by atoms with Crippen molar-refractivity contribution in [3.05, 3.63) is 0 Å². The molecule has 0 spiro atoms. The zero-order valence-corrected chi connectivity index (χ0v) is 10.4. The Hall–Kier alpha value is 0.571. The van der Waals surface area contributed by atoms with Crippen LogP contribution < -0.4 is 0 Å². The van der Waals surface area contributed by atoms with Gasteiger partial charge in [-0.1, -0.05) is 6.55 Å². The summed E-state index contributed by atoms with van der Waals surface area (Å²) in [5, 5.41) is 0. The van der Waals surface area contributed by atoms with E-state index in [9.17, 15) is 0 Å². The van der Waals surface area contributed by atoms with Crippen LogP contribution in [0.1, 0.15) is 0 Å². The van der Waals surface area contributed by atoms with E-state index in [1.807, 2.05) is 0 Å². The topological polar surface area (TPSA) is 18.5 Å². The largest absolute Gasteiger partial charge is 0.444 e. The number of hydrogen-bond acceptors (Lipinski definition) is 2. The molecule has 0 radical (unpaired) electrons. The molecule has 0 aromatic carbocycles. The predicted octanol–water partition coefficient (Wildman–Crippen LogP) is -0.0148. The van der Waals surface area contributed by atoms with E-state index >= 15 is 0 Å². The Kier molecular flexibility index (Phi) is 5.70. The van der Waals surface area contributed by atoms with Crippen LogP contribution in [0.2, 0.25) is 26.2 Å². The molecule has 1 atom stereocenters. The Balaban J connectivity index is 3.15. The monoisotopic (exact) mass is 180 g/mol. The SMILES string of the molecule is C[SiH2]O[SiH](C)O[SiH](C)C. The maximum absolute atomic E-state index is 5.58. The number of hydrogen-bond donors (Lipinski definition) is 0. The van der Waals surface area contributed by atoms with Crippen LogP contribution in [-0.2, 0) is 8.23 Å². The highest BCUT2D eigenvalue weighted by molar-refractivity contribution is 6.63. The lowest BCUT2D eigenvalue weighted by Crippen LogP contribution is -2.25. The highest BCUT2D eigenvalue weighted by Gasteiger charge is 2.05. The summed E-state index contributed by atoms with van der Waals surface area (Å²) in [4.78, 5) is 0. The van der Waals surface area contributed by atoms with E-state index in [2.05, 4.69) is 26.2 Å². The minimum absolute atomic E-state index is 0.217. The van der Waals surface area contributed by atoms with Gasteiger partial charge in [-0.25, -0.2) is 0 Å². The standard InChI is InChI=1S/C4H16O2Si3/c1-7-5-9(4)6-8(2)3/h8-9H,7H2,1-4H3. The molecule has 0 aliphatic heterocycles. The van der Waals surface area contributed by atoms with Crippen LogP contribution >= 0.6 is 0 Å². The Morgan fingerprint density at radius 2 is 1.78 bits per heavy atom. The average Bonchev–Trinajstić information content (AvgIpc) is 1.63. The van der Waals surface area contributed by atoms with E-state index in [4.69, 9.17) is 8.23 Å². The van der Waals surface area contributed by atoms with E-state index in [-0.39, 0.29) is 9.76 Å². The molecule has 0 amide bonds. The molecule has 1 unspecified atom stereocenters. The lowest BCUT2D eigenvalue weighted by molar-refractivity contribution is 0.457. The number of rotatable bonds is 4. The molecule has 2 nitrogen and oxygen atoms in total. The van der Waals surface area contributed by atoms with Gasteiger partial charge in [0.15, 0.2) is 9.04 Å². The molecule has 0 aromatic rings. The van der Waals surface area contributed by atoms with Crippen LogP contribution in [-0.4, -0.2) is 28.1 Å². The van der Waals surface area contributed by atoms with Crippen LogP contribution in [0.3, 0.4) is 0 Å². The maximum Gasteiger partial charge on any atom is 0.297 e. The summed E-state index contributed by atoms with van der Waals surface area (Å²) in [6.07, 6.45) is 0. The van der Waals surface area contributed by atoms with E-state index in [0.717, 1.165) is 0 Å². The molecule has 9 heavy (non-hydrogen) atoms. The van der Waals surface area contributed by atoms with Gasteiger partial charge in [0.1, 0.15) is 9.76 Å². The van der Waals surface area contributed by atoms with E-state index in [1.54, 1.807) is 0 Å². The zero-order valence-electron chi connectivity index (χ0n) is 6.68. The lowest BCUT2D eigenvalue weighted by Gasteiger charge is -2.13. The molecular formula is C4H16O2Si3. The van der Waals surface area contributed by atoms with Crippen LogP contribution in [0.25, 0.3) is 0 Å². The van der Waals surface area contributed by atoms with Gasteiger partial charge in [0, 0.05) is 0 Å². The fourth-order valence-corrected chi connectivity index (χ4v) is 6.62. The molecule has 0 aliphatic carbocycles. The molecule has 5 heteroatoms. The van der Waals surface area contributed by atoms with Crippen molar-refractivity contribution in [2.24, 2.45) is 0 Å². The third-order valence-corrected chi connectivity index (χ3v) is 7.79. The summed E-state index contributed by atoms with van der Waals surface area (Å²) in [6.45, 7) is 8.63. The summed E-state index contributed by atoms with van der Waals surface area (Å²) < 4.78 is 11.0. The average molecular weight is 180 g/mol. The second-order valence-electron chi connectivity index (χ2n) is 2.21. The van der Waals surface area contributed by atoms with Crippen LogP contribution in [0.5, 0.6) is 0 Å². The van der Waals surface area contributed by atoms with Crippen molar-refractivity contribution in [1.29, 1.82) is 0 Å². The van der Waals surface area contributed by atoms with Crippen molar-refractivity contribution in [3.63, 3.8) is 0 Å². The normalized spacial score (nSPS) is 15.7. The highest BCUT2D eigenvalue weighted by atomic mass is 28.4. The van der Waals surface area contributed by atoms with Gasteiger partial charge in [-0.3, -0.25) is 0 Å². The quantitative estimate of drug-likeness (QED) is 0.567. The van der Waals surface area contributed by atoms with Gasteiger partial charge in [0.25, 0.3) is 9.28 Å². The summed E-state index contributed by atoms with van der Waals surface area (Å²) in [6, 6.07) is 0. The minimum Gasteiger partial charge on any atom is -0.444 e. The second kappa shape index (κ2) is 5.36. The summed E-state index contributed by atoms with van der Waals surface area (Å²) >= 11 is 0. The van der Waals surface area contributed by atoms with Gasteiger partial charge < -0.3 is 8.23 Å². The van der Waals surface area contributed by atoms with Crippen LogP contribution in [0.4, 0.5) is 0 Å². The van der Waals surface area contributed by atoms with E-state index in [0.29, 0.717) is 0 Å². The Bertz CT molecular complexity index is 68.8. The van der Waals surface area contributed by atoms with Gasteiger partial charge >= 0.3 is 0 Å². The molecule has 0 saturated carbocycles. The first-order chi connectivity index (χ1) is 4.16. The molecular weight excluding hydrogens is 164 g/mol. The van der Waals surface area contributed by atoms with Crippen molar-refractivity contribution in [3.8, 4) is 0 Å². The third kappa shape index (κ3) is 6.46. The van der Waals surface area contributed by atoms with Crippen LogP contribution in [0, 0.1) is 0 Å². The second-order valence-corrected chi connectivity index (χ2v) is 8.44. The van der Waals surface area contributed by atoms with Gasteiger partial charge in [-0.05, 0) is 19.6 Å². The molecule has 0 N–H and O–H groups in total. The molecule has 0 heterocycles. The fourth-order valence-electron chi connectivity index (χ4n) is 0.657. The Labute approximate surface area is 63.1 Å². The molecule has 0 saturated heterocycles. The van der Waals surface area contributed by atoms with Crippen molar-refractivity contribution < 1.29 is 8.23 Å². The molecule has 56 valence electrons. The fraction of sp³-hybridized carbons (Fsp3) is 1.00. The third-order valence-electron chi connectivity index (χ3n) is 0.865. The van der Waals surface area contributed by atoms with E-state index in [1.165, 1.54) is 0 Å². The van der Waals surface area contributed by atoms with Gasteiger partial charge in [-0.2, -0.15) is 0 Å². The van der Waals surface area contributed by atoms with Gasteiger partial charge in [0.05, 0.1) is 0 Å². The smallest absolute Gasteiger partial charge is 0.297 e. The molecule has 0 aromatic heterocycles. The lowest BCUT2D eigenvalue weighted by atomic mass is 11.9. The zero-order chi connectivity index (χ0) is 7.28. The summed E-state index contributed by atoms with van der Waals surface area (Å²) in [7, 11) is -2.16. The minimum atomic E-state index is -1.14.